The Kier molecular flexibility index (Phi) is 8.37. The van der Waals surface area contributed by atoms with Gasteiger partial charge in [-0.1, -0.05) is 30.7 Å². The molecule has 1 amide bonds. The number of carbonyl (C=O) groups excluding carboxylic acids is 1. The largest absolute Gasteiger partial charge is 0.493 e. The number of nitrogens with zero attached hydrogens (tertiary/aromatic N) is 1. The molecule has 0 fully saturated rings. The fourth-order valence-electron chi connectivity index (χ4n) is 2.89. The highest BCUT2D eigenvalue weighted by atomic mass is 35.5. The number of ether oxygens (including phenoxy) is 2. The molecular formula is C21H24ClF3N2O3. The van der Waals surface area contributed by atoms with Crippen LogP contribution in [0.25, 0.3) is 0 Å². The Morgan fingerprint density at radius 3 is 2.50 bits per heavy atom. The summed E-state index contributed by atoms with van der Waals surface area (Å²) in [6.07, 6.45) is -4.63. The van der Waals surface area contributed by atoms with Gasteiger partial charge in [-0.2, -0.15) is 13.2 Å². The van der Waals surface area contributed by atoms with Crippen LogP contribution in [0.4, 0.5) is 18.9 Å². The first-order valence-electron chi connectivity index (χ1n) is 9.37. The monoisotopic (exact) mass is 444 g/mol. The van der Waals surface area contributed by atoms with Crippen LogP contribution in [0.2, 0.25) is 5.02 Å². The maximum Gasteiger partial charge on any atom is 0.418 e. The maximum absolute atomic E-state index is 13.2. The molecule has 0 bridgehead atoms. The Bertz CT molecular complexity index is 875. The molecule has 0 unspecified atom stereocenters. The van der Waals surface area contributed by atoms with Crippen molar-refractivity contribution in [3.05, 3.63) is 52.5 Å². The average molecular weight is 445 g/mol. The van der Waals surface area contributed by atoms with Gasteiger partial charge >= 0.3 is 6.18 Å². The molecule has 0 aliphatic heterocycles. The van der Waals surface area contributed by atoms with E-state index in [1.165, 1.54) is 19.2 Å². The number of hydrogen-bond acceptors (Lipinski definition) is 4. The molecule has 0 atom stereocenters. The molecule has 0 spiro atoms. The molecule has 2 rings (SSSR count). The van der Waals surface area contributed by atoms with Crippen LogP contribution < -0.4 is 14.8 Å². The summed E-state index contributed by atoms with van der Waals surface area (Å²) < 4.78 is 50.5. The van der Waals surface area contributed by atoms with E-state index in [-0.39, 0.29) is 11.6 Å². The molecule has 2 aromatic rings. The highest BCUT2D eigenvalue weighted by Crippen LogP contribution is 2.38. The van der Waals surface area contributed by atoms with Gasteiger partial charge in [0.1, 0.15) is 0 Å². The third-order valence-electron chi connectivity index (χ3n) is 4.33. The van der Waals surface area contributed by atoms with Gasteiger partial charge in [-0.3, -0.25) is 9.69 Å². The lowest BCUT2D eigenvalue weighted by molar-refractivity contribution is -0.137. The minimum atomic E-state index is -4.63. The van der Waals surface area contributed by atoms with Gasteiger partial charge < -0.3 is 14.8 Å². The van der Waals surface area contributed by atoms with Crippen LogP contribution in [-0.2, 0) is 17.5 Å². The number of rotatable bonds is 9. The Morgan fingerprint density at radius 2 is 1.90 bits per heavy atom. The van der Waals surface area contributed by atoms with Crippen LogP contribution in [-0.4, -0.2) is 37.6 Å². The van der Waals surface area contributed by atoms with Crippen molar-refractivity contribution in [3.63, 3.8) is 0 Å². The van der Waals surface area contributed by atoms with E-state index in [9.17, 15) is 18.0 Å². The summed E-state index contributed by atoms with van der Waals surface area (Å²) in [6.45, 7) is 5.04. The first-order chi connectivity index (χ1) is 14.2. The molecule has 9 heteroatoms. The second-order valence-corrected chi connectivity index (χ2v) is 6.84. The number of carbonyl (C=O) groups is 1. The maximum atomic E-state index is 13.2. The Balaban J connectivity index is 2.11. The van der Waals surface area contributed by atoms with E-state index in [4.69, 9.17) is 21.1 Å². The standard InChI is InChI=1S/C21H24ClF3N2O3/c1-4-27(12-14-9-10-17(30-5-2)18(11-14)29-3)13-19(28)26-20-15(21(23,24)25)7-6-8-16(20)22/h6-11H,4-5,12-13H2,1-3H3,(H,26,28). The van der Waals surface area contributed by atoms with Gasteiger partial charge in [0.2, 0.25) is 5.91 Å². The normalized spacial score (nSPS) is 11.5. The van der Waals surface area contributed by atoms with Crippen molar-refractivity contribution in [2.75, 3.05) is 32.1 Å². The summed E-state index contributed by atoms with van der Waals surface area (Å²) in [5.41, 5.74) is -0.545. The van der Waals surface area contributed by atoms with E-state index in [1.54, 1.807) is 17.0 Å². The Labute approximate surface area is 178 Å². The summed E-state index contributed by atoms with van der Waals surface area (Å²) >= 11 is 5.90. The third-order valence-corrected chi connectivity index (χ3v) is 4.65. The molecular weight excluding hydrogens is 421 g/mol. The first kappa shape index (κ1) is 23.8. The number of methoxy groups -OCH3 is 1. The highest BCUT2D eigenvalue weighted by molar-refractivity contribution is 6.34. The molecule has 5 nitrogen and oxygen atoms in total. The number of amides is 1. The molecule has 2 aromatic carbocycles. The van der Waals surface area contributed by atoms with Crippen LogP contribution in [0.15, 0.2) is 36.4 Å². The third kappa shape index (κ3) is 6.27. The Hall–Kier alpha value is -2.45. The van der Waals surface area contributed by atoms with E-state index in [1.807, 2.05) is 19.9 Å². The lowest BCUT2D eigenvalue weighted by Gasteiger charge is -2.22. The van der Waals surface area contributed by atoms with Crippen molar-refractivity contribution >= 4 is 23.2 Å². The molecule has 0 saturated heterocycles. The number of benzene rings is 2. The number of alkyl halides is 3. The van der Waals surface area contributed by atoms with Gasteiger partial charge in [0.15, 0.2) is 11.5 Å². The predicted octanol–water partition coefficient (Wildman–Crippen LogP) is 5.23. The van der Waals surface area contributed by atoms with Gasteiger partial charge in [0, 0.05) is 6.54 Å². The van der Waals surface area contributed by atoms with E-state index < -0.39 is 23.3 Å². The van der Waals surface area contributed by atoms with E-state index >= 15 is 0 Å². The minimum absolute atomic E-state index is 0.103. The number of likely N-dealkylation sites (N-methyl/N-ethyl adjacent to an activating group) is 1. The number of nitrogens with one attached hydrogen (secondary N) is 1. The fourth-order valence-corrected chi connectivity index (χ4v) is 3.11. The predicted molar refractivity (Wildman–Crippen MR) is 110 cm³/mol. The van der Waals surface area contributed by atoms with Crippen LogP contribution in [0, 0.1) is 0 Å². The van der Waals surface area contributed by atoms with Crippen LogP contribution in [0.1, 0.15) is 25.0 Å². The van der Waals surface area contributed by atoms with E-state index in [0.717, 1.165) is 11.6 Å². The van der Waals surface area contributed by atoms with Gasteiger partial charge in [-0.05, 0) is 43.3 Å². The molecule has 0 heterocycles. The summed E-state index contributed by atoms with van der Waals surface area (Å²) in [7, 11) is 1.54. The zero-order valence-electron chi connectivity index (χ0n) is 17.0. The van der Waals surface area contributed by atoms with Crippen LogP contribution in [0.3, 0.4) is 0 Å². The molecule has 0 aliphatic carbocycles. The lowest BCUT2D eigenvalue weighted by atomic mass is 10.1. The fraction of sp³-hybridized carbons (Fsp3) is 0.381. The van der Waals surface area contributed by atoms with E-state index in [0.29, 0.717) is 31.2 Å². The first-order valence-corrected chi connectivity index (χ1v) is 9.75. The molecule has 1 N–H and O–H groups in total. The minimum Gasteiger partial charge on any atom is -0.493 e. The van der Waals surface area contributed by atoms with Crippen molar-refractivity contribution in [1.82, 2.24) is 4.90 Å². The zero-order valence-corrected chi connectivity index (χ0v) is 17.7. The van der Waals surface area contributed by atoms with Crippen molar-refractivity contribution < 1.29 is 27.4 Å². The van der Waals surface area contributed by atoms with Crippen molar-refractivity contribution in [2.45, 2.75) is 26.6 Å². The number of anilines is 1. The summed E-state index contributed by atoms with van der Waals surface area (Å²) in [5, 5.41) is 2.14. The summed E-state index contributed by atoms with van der Waals surface area (Å²) in [5.74, 6) is 0.594. The second-order valence-electron chi connectivity index (χ2n) is 6.43. The van der Waals surface area contributed by atoms with Gasteiger partial charge in [0.05, 0.1) is 36.5 Å². The number of para-hydroxylation sites is 1. The lowest BCUT2D eigenvalue weighted by Crippen LogP contribution is -2.33. The number of hydrogen-bond donors (Lipinski definition) is 1. The van der Waals surface area contributed by atoms with Crippen molar-refractivity contribution in [1.29, 1.82) is 0 Å². The summed E-state index contributed by atoms with van der Waals surface area (Å²) in [6, 6.07) is 8.82. The molecule has 30 heavy (non-hydrogen) atoms. The van der Waals surface area contributed by atoms with Crippen LogP contribution in [0.5, 0.6) is 11.5 Å². The smallest absolute Gasteiger partial charge is 0.418 e. The molecule has 0 aliphatic rings. The molecule has 164 valence electrons. The second kappa shape index (κ2) is 10.5. The van der Waals surface area contributed by atoms with Crippen molar-refractivity contribution in [2.24, 2.45) is 0 Å². The van der Waals surface area contributed by atoms with Crippen LogP contribution >= 0.6 is 11.6 Å². The number of halogens is 4. The zero-order chi connectivity index (χ0) is 22.3. The quantitative estimate of drug-likeness (QED) is 0.575. The van der Waals surface area contributed by atoms with E-state index in [2.05, 4.69) is 5.32 Å². The van der Waals surface area contributed by atoms with Gasteiger partial charge in [-0.15, -0.1) is 0 Å². The highest BCUT2D eigenvalue weighted by Gasteiger charge is 2.34. The molecule has 0 saturated carbocycles. The molecule has 0 aromatic heterocycles. The Morgan fingerprint density at radius 1 is 1.17 bits per heavy atom. The summed E-state index contributed by atoms with van der Waals surface area (Å²) in [4.78, 5) is 14.2. The van der Waals surface area contributed by atoms with Gasteiger partial charge in [-0.25, -0.2) is 0 Å². The topological polar surface area (TPSA) is 50.8 Å². The van der Waals surface area contributed by atoms with Gasteiger partial charge in [0.25, 0.3) is 0 Å². The van der Waals surface area contributed by atoms with Crippen molar-refractivity contribution in [3.8, 4) is 11.5 Å². The molecule has 0 radical (unpaired) electrons. The SMILES string of the molecule is CCOc1ccc(CN(CC)CC(=O)Nc2c(Cl)cccc2C(F)(F)F)cc1OC. The average Bonchev–Trinajstić information content (AvgIpc) is 2.69.